The van der Waals surface area contributed by atoms with E-state index in [1.165, 1.54) is 0 Å². The first-order valence-electron chi connectivity index (χ1n) is 9.80. The number of amidine groups is 1. The van der Waals surface area contributed by atoms with Crippen LogP contribution < -0.4 is 4.74 Å². The first kappa shape index (κ1) is 19.2. The van der Waals surface area contributed by atoms with E-state index in [1.807, 2.05) is 77.7 Å². The Labute approximate surface area is 184 Å². The molecule has 0 N–H and O–H groups in total. The van der Waals surface area contributed by atoms with E-state index in [-0.39, 0.29) is 5.91 Å². The second-order valence-electron chi connectivity index (χ2n) is 7.14. The number of hydrogen-bond donors (Lipinski definition) is 0. The molecule has 6 heteroatoms. The van der Waals surface area contributed by atoms with Crippen LogP contribution in [0, 0.1) is 0 Å². The molecular weight excluding hydrogens is 416 g/mol. The second kappa shape index (κ2) is 8.17. The van der Waals surface area contributed by atoms with Crippen molar-refractivity contribution in [3.05, 3.63) is 94.5 Å². The van der Waals surface area contributed by atoms with Gasteiger partial charge in [0.25, 0.3) is 0 Å². The van der Waals surface area contributed by atoms with Crippen molar-refractivity contribution in [2.24, 2.45) is 4.99 Å². The summed E-state index contributed by atoms with van der Waals surface area (Å²) in [6.07, 6.45) is 0. The molecule has 0 saturated carbocycles. The van der Waals surface area contributed by atoms with Gasteiger partial charge in [0, 0.05) is 28.4 Å². The molecule has 3 aromatic rings. The number of hydrogen-bond acceptors (Lipinski definition) is 4. The van der Waals surface area contributed by atoms with E-state index in [9.17, 15) is 4.79 Å². The van der Waals surface area contributed by atoms with Crippen LogP contribution in [-0.2, 0) is 10.5 Å². The van der Waals surface area contributed by atoms with Gasteiger partial charge < -0.3 is 4.74 Å². The Morgan fingerprint density at radius 2 is 1.63 bits per heavy atom. The topological polar surface area (TPSA) is 41.9 Å². The highest BCUT2D eigenvalue weighted by Gasteiger charge is 2.37. The monoisotopic (exact) mass is 434 g/mol. The van der Waals surface area contributed by atoms with Gasteiger partial charge in [-0.25, -0.2) is 0 Å². The molecule has 150 valence electrons. The van der Waals surface area contributed by atoms with Crippen LogP contribution in [0.25, 0.3) is 0 Å². The highest BCUT2D eigenvalue weighted by Crippen LogP contribution is 2.45. The van der Waals surface area contributed by atoms with Gasteiger partial charge in [0.2, 0.25) is 5.91 Å². The van der Waals surface area contributed by atoms with Crippen LogP contribution in [0.1, 0.15) is 22.6 Å². The molecule has 0 unspecified atom stereocenters. The fourth-order valence-electron chi connectivity index (χ4n) is 3.84. The van der Waals surface area contributed by atoms with Crippen molar-refractivity contribution < 1.29 is 9.53 Å². The molecule has 0 aliphatic carbocycles. The van der Waals surface area contributed by atoms with Crippen LogP contribution in [0.3, 0.4) is 0 Å². The van der Waals surface area contributed by atoms with Gasteiger partial charge in [0.05, 0.1) is 12.5 Å². The summed E-state index contributed by atoms with van der Waals surface area (Å²) in [6, 6.07) is 23.3. The molecule has 0 aromatic heterocycles. The average molecular weight is 435 g/mol. The molecular formula is C24H19ClN2O2S. The Hall–Kier alpha value is -2.76. The van der Waals surface area contributed by atoms with E-state index in [1.54, 1.807) is 11.8 Å². The quantitative estimate of drug-likeness (QED) is 0.530. The zero-order chi connectivity index (χ0) is 20.5. The standard InChI is InChI=1S/C24H19ClN2O2S/c25-19-10-4-1-7-16(19)15-30-24-26-13-14-27(24)23(28)22-17-8-2-5-11-20(17)29-21-12-6-3-9-18(21)22/h1-12,22H,13-15H2. The summed E-state index contributed by atoms with van der Waals surface area (Å²) in [4.78, 5) is 20.2. The third-order valence-electron chi connectivity index (χ3n) is 5.31. The van der Waals surface area contributed by atoms with Crippen molar-refractivity contribution in [2.75, 3.05) is 13.1 Å². The molecule has 4 nitrogen and oxygen atoms in total. The number of carbonyl (C=O) groups excluding carboxylic acids is 1. The number of ether oxygens (including phenoxy) is 1. The third kappa shape index (κ3) is 3.48. The zero-order valence-electron chi connectivity index (χ0n) is 16.1. The van der Waals surface area contributed by atoms with Gasteiger partial charge >= 0.3 is 0 Å². The fourth-order valence-corrected chi connectivity index (χ4v) is 5.18. The van der Waals surface area contributed by atoms with Crippen molar-refractivity contribution in [3.8, 4) is 11.5 Å². The van der Waals surface area contributed by atoms with Crippen molar-refractivity contribution in [3.63, 3.8) is 0 Å². The molecule has 0 fully saturated rings. The van der Waals surface area contributed by atoms with Gasteiger partial charge in [-0.15, -0.1) is 0 Å². The molecule has 0 atom stereocenters. The van der Waals surface area contributed by atoms with Gasteiger partial charge in [0.1, 0.15) is 11.5 Å². The molecule has 0 saturated heterocycles. The summed E-state index contributed by atoms with van der Waals surface area (Å²) in [7, 11) is 0. The lowest BCUT2D eigenvalue weighted by atomic mass is 9.87. The molecule has 30 heavy (non-hydrogen) atoms. The average Bonchev–Trinajstić information content (AvgIpc) is 3.25. The number of thioether (sulfide) groups is 1. The van der Waals surface area contributed by atoms with E-state index >= 15 is 0 Å². The normalized spacial score (nSPS) is 15.2. The summed E-state index contributed by atoms with van der Waals surface area (Å²) in [5.74, 6) is 1.76. The van der Waals surface area contributed by atoms with Gasteiger partial charge in [-0.05, 0) is 23.8 Å². The number of fused-ring (bicyclic) bond motifs is 2. The van der Waals surface area contributed by atoms with Crippen molar-refractivity contribution in [2.45, 2.75) is 11.7 Å². The van der Waals surface area contributed by atoms with E-state index in [2.05, 4.69) is 4.99 Å². The highest BCUT2D eigenvalue weighted by atomic mass is 35.5. The van der Waals surface area contributed by atoms with Crippen molar-refractivity contribution >= 4 is 34.4 Å². The molecule has 0 bridgehead atoms. The highest BCUT2D eigenvalue weighted by molar-refractivity contribution is 8.13. The predicted octanol–water partition coefficient (Wildman–Crippen LogP) is 5.71. The van der Waals surface area contributed by atoms with Gasteiger partial charge in [-0.2, -0.15) is 0 Å². The molecule has 2 aliphatic rings. The molecule has 0 spiro atoms. The number of halogens is 1. The maximum atomic E-state index is 13.8. The molecule has 1 amide bonds. The Bertz CT molecular complexity index is 1100. The third-order valence-corrected chi connectivity index (χ3v) is 6.74. The predicted molar refractivity (Wildman–Crippen MR) is 122 cm³/mol. The summed E-state index contributed by atoms with van der Waals surface area (Å²) in [5, 5.41) is 1.48. The molecule has 0 radical (unpaired) electrons. The molecule has 2 aliphatic heterocycles. The van der Waals surface area contributed by atoms with Crippen molar-refractivity contribution in [1.82, 2.24) is 4.90 Å². The summed E-state index contributed by atoms with van der Waals surface area (Å²) in [5.41, 5.74) is 2.82. The van der Waals surface area contributed by atoms with E-state index in [0.717, 1.165) is 38.4 Å². The van der Waals surface area contributed by atoms with Gasteiger partial charge in [-0.1, -0.05) is 78.0 Å². The van der Waals surface area contributed by atoms with Crippen LogP contribution in [0.2, 0.25) is 5.02 Å². The first-order chi connectivity index (χ1) is 14.7. The van der Waals surface area contributed by atoms with E-state index < -0.39 is 5.92 Å². The molecule has 3 aromatic carbocycles. The Morgan fingerprint density at radius 1 is 1.00 bits per heavy atom. The van der Waals surface area contributed by atoms with Crippen LogP contribution in [-0.4, -0.2) is 29.1 Å². The summed E-state index contributed by atoms with van der Waals surface area (Å²) >= 11 is 7.85. The lowest BCUT2D eigenvalue weighted by Crippen LogP contribution is -2.38. The second-order valence-corrected chi connectivity index (χ2v) is 8.49. The van der Waals surface area contributed by atoms with E-state index in [0.29, 0.717) is 18.8 Å². The Kier molecular flexibility index (Phi) is 5.23. The number of rotatable bonds is 3. The summed E-state index contributed by atoms with van der Waals surface area (Å²) in [6.45, 7) is 1.20. The first-order valence-corrected chi connectivity index (χ1v) is 11.2. The largest absolute Gasteiger partial charge is 0.457 e. The number of benzene rings is 3. The zero-order valence-corrected chi connectivity index (χ0v) is 17.7. The SMILES string of the molecule is O=C(C1c2ccccc2Oc2ccccc21)N1CCN=C1SCc1ccccc1Cl. The lowest BCUT2D eigenvalue weighted by molar-refractivity contribution is -0.127. The van der Waals surface area contributed by atoms with Gasteiger partial charge in [0.15, 0.2) is 5.17 Å². The van der Waals surface area contributed by atoms with Gasteiger partial charge in [-0.3, -0.25) is 14.7 Å². The number of para-hydroxylation sites is 2. The van der Waals surface area contributed by atoms with Crippen LogP contribution in [0.15, 0.2) is 77.8 Å². The van der Waals surface area contributed by atoms with Crippen LogP contribution in [0.4, 0.5) is 0 Å². The lowest BCUT2D eigenvalue weighted by Gasteiger charge is -2.30. The Morgan fingerprint density at radius 3 is 2.33 bits per heavy atom. The minimum atomic E-state index is -0.407. The van der Waals surface area contributed by atoms with Crippen LogP contribution >= 0.6 is 23.4 Å². The Balaban J connectivity index is 1.43. The van der Waals surface area contributed by atoms with Crippen LogP contribution in [0.5, 0.6) is 11.5 Å². The minimum absolute atomic E-state index is 0.0288. The number of amides is 1. The van der Waals surface area contributed by atoms with E-state index in [4.69, 9.17) is 16.3 Å². The minimum Gasteiger partial charge on any atom is -0.457 e. The number of aliphatic imine (C=N–C) groups is 1. The number of carbonyl (C=O) groups is 1. The van der Waals surface area contributed by atoms with Crippen molar-refractivity contribution in [1.29, 1.82) is 0 Å². The maximum Gasteiger partial charge on any atom is 0.240 e. The smallest absolute Gasteiger partial charge is 0.240 e. The molecule has 5 rings (SSSR count). The number of nitrogens with zero attached hydrogens (tertiary/aromatic N) is 2. The summed E-state index contributed by atoms with van der Waals surface area (Å²) < 4.78 is 6.04. The maximum absolute atomic E-state index is 13.8. The molecule has 2 heterocycles. The fraction of sp³-hybridized carbons (Fsp3) is 0.167.